The van der Waals surface area contributed by atoms with Crippen molar-refractivity contribution in [3.8, 4) is 11.6 Å². The molecule has 0 saturated carbocycles. The number of halogens is 2. The monoisotopic (exact) mass is 376 g/mol. The van der Waals surface area contributed by atoms with Gasteiger partial charge in [-0.15, -0.1) is 0 Å². The van der Waals surface area contributed by atoms with Crippen LogP contribution in [0.5, 0.6) is 11.6 Å². The van der Waals surface area contributed by atoms with E-state index in [9.17, 15) is 0 Å². The largest absolute Gasteiger partial charge is 0.497 e. The van der Waals surface area contributed by atoms with Crippen molar-refractivity contribution in [2.75, 3.05) is 7.11 Å². The highest BCUT2D eigenvalue weighted by atomic mass is 127. The summed E-state index contributed by atoms with van der Waals surface area (Å²) in [6.07, 6.45) is 1.62. The molecule has 0 N–H and O–H groups in total. The van der Waals surface area contributed by atoms with Gasteiger partial charge < -0.3 is 9.47 Å². The minimum atomic E-state index is 0.181. The fourth-order valence-corrected chi connectivity index (χ4v) is 1.85. The third-order valence-corrected chi connectivity index (χ3v) is 3.14. The summed E-state index contributed by atoms with van der Waals surface area (Å²) in [6.45, 7) is 0.424. The van der Waals surface area contributed by atoms with Crippen molar-refractivity contribution in [2.45, 2.75) is 6.61 Å². The Kier molecular flexibility index (Phi) is 4.60. The second-order valence-corrected chi connectivity index (χ2v) is 4.93. The molecule has 0 aliphatic carbocycles. The Morgan fingerprint density at radius 1 is 1.28 bits per heavy atom. The third kappa shape index (κ3) is 3.46. The van der Waals surface area contributed by atoms with Gasteiger partial charge in [0.2, 0.25) is 11.2 Å². The Hall–Kier alpha value is -1.08. The molecule has 0 amide bonds. The summed E-state index contributed by atoms with van der Waals surface area (Å²) < 4.78 is 11.5. The standard InChI is InChI=1S/C12H10ClIN2O2/c1-17-9-4-2-8(3-5-9)7-18-11-10(14)6-15-12(13)16-11/h2-6H,7H2,1H3. The fourth-order valence-electron chi connectivity index (χ4n) is 1.31. The van der Waals surface area contributed by atoms with Crippen LogP contribution in [0.3, 0.4) is 0 Å². The Morgan fingerprint density at radius 2 is 2.00 bits per heavy atom. The van der Waals surface area contributed by atoms with E-state index in [1.807, 2.05) is 24.3 Å². The van der Waals surface area contributed by atoms with E-state index in [0.717, 1.165) is 14.9 Å². The molecule has 1 aromatic carbocycles. The molecule has 1 heterocycles. The van der Waals surface area contributed by atoms with Gasteiger partial charge in [-0.3, -0.25) is 0 Å². The van der Waals surface area contributed by atoms with Gasteiger partial charge in [0, 0.05) is 6.20 Å². The molecule has 0 bridgehead atoms. The van der Waals surface area contributed by atoms with Crippen LogP contribution in [0.25, 0.3) is 0 Å². The van der Waals surface area contributed by atoms with E-state index in [4.69, 9.17) is 21.1 Å². The molecule has 94 valence electrons. The topological polar surface area (TPSA) is 44.2 Å². The number of nitrogens with zero attached hydrogens (tertiary/aromatic N) is 2. The van der Waals surface area contributed by atoms with Crippen LogP contribution in [0.1, 0.15) is 5.56 Å². The molecule has 2 aromatic rings. The first-order chi connectivity index (χ1) is 8.69. The molecule has 0 aliphatic rings. The van der Waals surface area contributed by atoms with E-state index >= 15 is 0 Å². The number of aromatic nitrogens is 2. The van der Waals surface area contributed by atoms with Crippen LogP contribution < -0.4 is 9.47 Å². The lowest BCUT2D eigenvalue weighted by Gasteiger charge is -2.07. The summed E-state index contributed by atoms with van der Waals surface area (Å²) in [5.74, 6) is 1.31. The molecule has 0 unspecified atom stereocenters. The van der Waals surface area contributed by atoms with Crippen LogP contribution in [0.4, 0.5) is 0 Å². The molecule has 0 spiro atoms. The molecule has 6 heteroatoms. The molecule has 0 saturated heterocycles. The SMILES string of the molecule is COc1ccc(COc2nc(Cl)ncc2I)cc1. The minimum absolute atomic E-state index is 0.181. The molecule has 4 nitrogen and oxygen atoms in total. The van der Waals surface area contributed by atoms with Crippen LogP contribution in [-0.2, 0) is 6.61 Å². The summed E-state index contributed by atoms with van der Waals surface area (Å²) in [7, 11) is 1.64. The molecule has 1 aromatic heterocycles. The normalized spacial score (nSPS) is 10.2. The van der Waals surface area contributed by atoms with E-state index in [1.54, 1.807) is 13.3 Å². The van der Waals surface area contributed by atoms with Crippen LogP contribution in [-0.4, -0.2) is 17.1 Å². The second kappa shape index (κ2) is 6.19. The van der Waals surface area contributed by atoms with Crippen LogP contribution >= 0.6 is 34.2 Å². The Bertz CT molecular complexity index is 534. The average molecular weight is 377 g/mol. The number of rotatable bonds is 4. The van der Waals surface area contributed by atoms with Gasteiger partial charge in [0.25, 0.3) is 0 Å². The Balaban J connectivity index is 2.04. The molecular formula is C12H10ClIN2O2. The smallest absolute Gasteiger partial charge is 0.231 e. The number of ether oxygens (including phenoxy) is 2. The van der Waals surface area contributed by atoms with Crippen molar-refractivity contribution in [1.82, 2.24) is 9.97 Å². The molecule has 0 fully saturated rings. The van der Waals surface area contributed by atoms with E-state index in [1.165, 1.54) is 0 Å². The highest BCUT2D eigenvalue weighted by molar-refractivity contribution is 14.1. The maximum absolute atomic E-state index is 5.72. The van der Waals surface area contributed by atoms with Crippen molar-refractivity contribution in [1.29, 1.82) is 0 Å². The summed E-state index contributed by atoms with van der Waals surface area (Å²) in [4.78, 5) is 7.89. The third-order valence-electron chi connectivity index (χ3n) is 2.22. The zero-order chi connectivity index (χ0) is 13.0. The van der Waals surface area contributed by atoms with Crippen LogP contribution in [0.15, 0.2) is 30.5 Å². The molecule has 0 atom stereocenters. The van der Waals surface area contributed by atoms with Crippen LogP contribution in [0, 0.1) is 3.57 Å². The predicted octanol–water partition coefficient (Wildman–Crippen LogP) is 3.32. The van der Waals surface area contributed by atoms with Crippen molar-refractivity contribution in [3.63, 3.8) is 0 Å². The molecular weight excluding hydrogens is 367 g/mol. The average Bonchev–Trinajstić information content (AvgIpc) is 2.40. The summed E-state index contributed by atoms with van der Waals surface area (Å²) >= 11 is 7.82. The van der Waals surface area contributed by atoms with Gasteiger partial charge in [-0.2, -0.15) is 4.98 Å². The summed E-state index contributed by atoms with van der Waals surface area (Å²) in [5, 5.41) is 0.181. The lowest BCUT2D eigenvalue weighted by molar-refractivity contribution is 0.290. The van der Waals surface area contributed by atoms with Crippen molar-refractivity contribution >= 4 is 34.2 Å². The number of hydrogen-bond acceptors (Lipinski definition) is 4. The zero-order valence-corrected chi connectivity index (χ0v) is 12.5. The van der Waals surface area contributed by atoms with Crippen molar-refractivity contribution < 1.29 is 9.47 Å². The van der Waals surface area contributed by atoms with Crippen molar-refractivity contribution in [2.24, 2.45) is 0 Å². The minimum Gasteiger partial charge on any atom is -0.497 e. The first-order valence-electron chi connectivity index (χ1n) is 5.13. The highest BCUT2D eigenvalue weighted by Crippen LogP contribution is 2.20. The second-order valence-electron chi connectivity index (χ2n) is 3.43. The quantitative estimate of drug-likeness (QED) is 0.606. The Labute approximate surface area is 123 Å². The fraction of sp³-hybridized carbons (Fsp3) is 0.167. The number of benzene rings is 1. The van der Waals surface area contributed by atoms with Gasteiger partial charge in [-0.25, -0.2) is 4.98 Å². The van der Waals surface area contributed by atoms with Gasteiger partial charge in [-0.1, -0.05) is 12.1 Å². The number of methoxy groups -OCH3 is 1. The van der Waals surface area contributed by atoms with Gasteiger partial charge in [0.1, 0.15) is 12.4 Å². The first-order valence-corrected chi connectivity index (χ1v) is 6.58. The first kappa shape index (κ1) is 13.4. The van der Waals surface area contributed by atoms with E-state index in [2.05, 4.69) is 32.6 Å². The summed E-state index contributed by atoms with van der Waals surface area (Å²) in [5.41, 5.74) is 1.03. The van der Waals surface area contributed by atoms with E-state index < -0.39 is 0 Å². The maximum Gasteiger partial charge on any atom is 0.231 e. The lowest BCUT2D eigenvalue weighted by atomic mass is 10.2. The van der Waals surface area contributed by atoms with Gasteiger partial charge in [-0.05, 0) is 51.9 Å². The lowest BCUT2D eigenvalue weighted by Crippen LogP contribution is -2.00. The van der Waals surface area contributed by atoms with E-state index in [0.29, 0.717) is 12.5 Å². The summed E-state index contributed by atoms with van der Waals surface area (Å²) in [6, 6.07) is 7.65. The molecule has 0 radical (unpaired) electrons. The van der Waals surface area contributed by atoms with Gasteiger partial charge in [0.15, 0.2) is 0 Å². The maximum atomic E-state index is 5.72. The molecule has 2 rings (SSSR count). The van der Waals surface area contributed by atoms with E-state index in [-0.39, 0.29) is 5.28 Å². The van der Waals surface area contributed by atoms with Crippen LogP contribution in [0.2, 0.25) is 5.28 Å². The predicted molar refractivity (Wildman–Crippen MR) is 77.1 cm³/mol. The number of hydrogen-bond donors (Lipinski definition) is 0. The Morgan fingerprint density at radius 3 is 2.67 bits per heavy atom. The molecule has 0 aliphatic heterocycles. The highest BCUT2D eigenvalue weighted by Gasteiger charge is 2.05. The molecule has 18 heavy (non-hydrogen) atoms. The zero-order valence-electron chi connectivity index (χ0n) is 9.56. The van der Waals surface area contributed by atoms with Crippen molar-refractivity contribution in [3.05, 3.63) is 44.9 Å². The van der Waals surface area contributed by atoms with Gasteiger partial charge >= 0.3 is 0 Å². The van der Waals surface area contributed by atoms with Gasteiger partial charge in [0.05, 0.1) is 10.7 Å².